The number of ether oxygens (including phenoxy) is 3. The molecule has 0 radical (unpaired) electrons. The van der Waals surface area contributed by atoms with Crippen LogP contribution in [-0.2, 0) is 15.9 Å². The number of methoxy groups -OCH3 is 1. The molecule has 0 fully saturated rings. The van der Waals surface area contributed by atoms with Gasteiger partial charge in [0.25, 0.3) is 0 Å². The molecule has 4 nitrogen and oxygen atoms in total. The molecule has 4 heteroatoms. The number of benzene rings is 1. The van der Waals surface area contributed by atoms with E-state index in [4.69, 9.17) is 19.9 Å². The molecule has 0 unspecified atom stereocenters. The first-order valence-electron chi connectivity index (χ1n) is 6.35. The molecule has 0 atom stereocenters. The number of rotatable bonds is 10. The van der Waals surface area contributed by atoms with Crippen LogP contribution in [0.2, 0.25) is 0 Å². The Morgan fingerprint density at radius 1 is 1.00 bits per heavy atom. The van der Waals surface area contributed by atoms with Crippen LogP contribution >= 0.6 is 0 Å². The molecule has 102 valence electrons. The van der Waals surface area contributed by atoms with Gasteiger partial charge in [-0.3, -0.25) is 0 Å². The smallest absolute Gasteiger partial charge is 0.119 e. The first kappa shape index (κ1) is 15.0. The normalized spacial score (nSPS) is 10.6. The SMILES string of the molecule is COCCCOCCOc1ccc(CCN)cc1. The average molecular weight is 253 g/mol. The van der Waals surface area contributed by atoms with E-state index < -0.39 is 0 Å². The fourth-order valence-electron chi connectivity index (χ4n) is 1.54. The first-order chi connectivity index (χ1) is 8.86. The van der Waals surface area contributed by atoms with Crippen LogP contribution < -0.4 is 10.5 Å². The summed E-state index contributed by atoms with van der Waals surface area (Å²) < 4.78 is 15.9. The zero-order valence-corrected chi connectivity index (χ0v) is 11.1. The van der Waals surface area contributed by atoms with Crippen LogP contribution in [0.4, 0.5) is 0 Å². The fraction of sp³-hybridized carbons (Fsp3) is 0.571. The third-order valence-electron chi connectivity index (χ3n) is 2.49. The number of hydrogen-bond donors (Lipinski definition) is 1. The van der Waals surface area contributed by atoms with Crippen molar-refractivity contribution in [3.05, 3.63) is 29.8 Å². The van der Waals surface area contributed by atoms with Gasteiger partial charge >= 0.3 is 0 Å². The third kappa shape index (κ3) is 6.59. The lowest BCUT2D eigenvalue weighted by Crippen LogP contribution is -2.08. The molecule has 1 aromatic carbocycles. The zero-order chi connectivity index (χ0) is 13.1. The van der Waals surface area contributed by atoms with Crippen molar-refractivity contribution in [2.75, 3.05) is 40.1 Å². The maximum Gasteiger partial charge on any atom is 0.119 e. The van der Waals surface area contributed by atoms with E-state index in [9.17, 15) is 0 Å². The second-order valence-electron chi connectivity index (χ2n) is 3.99. The van der Waals surface area contributed by atoms with Gasteiger partial charge in [-0.25, -0.2) is 0 Å². The lowest BCUT2D eigenvalue weighted by Gasteiger charge is -2.07. The van der Waals surface area contributed by atoms with Gasteiger partial charge in [0, 0.05) is 20.3 Å². The number of nitrogens with two attached hydrogens (primary N) is 1. The van der Waals surface area contributed by atoms with E-state index in [-0.39, 0.29) is 0 Å². The summed E-state index contributed by atoms with van der Waals surface area (Å²) >= 11 is 0. The van der Waals surface area contributed by atoms with Crippen LogP contribution in [0.1, 0.15) is 12.0 Å². The highest BCUT2D eigenvalue weighted by Crippen LogP contribution is 2.12. The molecule has 0 saturated heterocycles. The van der Waals surface area contributed by atoms with Crippen LogP contribution in [0.3, 0.4) is 0 Å². The molecule has 0 bridgehead atoms. The van der Waals surface area contributed by atoms with Gasteiger partial charge in [0.15, 0.2) is 0 Å². The summed E-state index contributed by atoms with van der Waals surface area (Å²) in [5, 5.41) is 0. The van der Waals surface area contributed by atoms with Crippen molar-refractivity contribution < 1.29 is 14.2 Å². The van der Waals surface area contributed by atoms with Crippen molar-refractivity contribution in [2.45, 2.75) is 12.8 Å². The molecule has 0 amide bonds. The summed E-state index contributed by atoms with van der Waals surface area (Å²) in [5.74, 6) is 0.872. The average Bonchev–Trinajstić information content (AvgIpc) is 2.40. The minimum atomic E-state index is 0.573. The summed E-state index contributed by atoms with van der Waals surface area (Å²) in [4.78, 5) is 0. The Labute approximate surface area is 109 Å². The van der Waals surface area contributed by atoms with E-state index in [1.165, 1.54) is 5.56 Å². The Balaban J connectivity index is 2.08. The summed E-state index contributed by atoms with van der Waals surface area (Å²) in [6, 6.07) is 8.02. The predicted octanol–water partition coefficient (Wildman–Crippen LogP) is 1.62. The summed E-state index contributed by atoms with van der Waals surface area (Å²) in [6.07, 6.45) is 1.83. The van der Waals surface area contributed by atoms with E-state index in [1.807, 2.05) is 24.3 Å². The minimum absolute atomic E-state index is 0.573. The Kier molecular flexibility index (Phi) is 8.21. The van der Waals surface area contributed by atoms with Gasteiger partial charge < -0.3 is 19.9 Å². The summed E-state index contributed by atoms with van der Waals surface area (Å²) in [6.45, 7) is 3.31. The van der Waals surface area contributed by atoms with Crippen LogP contribution in [-0.4, -0.2) is 40.1 Å². The molecule has 0 saturated carbocycles. The lowest BCUT2D eigenvalue weighted by molar-refractivity contribution is 0.0806. The van der Waals surface area contributed by atoms with Gasteiger partial charge in [0.2, 0.25) is 0 Å². The molecular weight excluding hydrogens is 230 g/mol. The van der Waals surface area contributed by atoms with E-state index in [2.05, 4.69) is 0 Å². The van der Waals surface area contributed by atoms with Crippen molar-refractivity contribution in [3.63, 3.8) is 0 Å². The molecule has 0 spiro atoms. The molecular formula is C14H23NO3. The molecule has 1 aromatic rings. The summed E-state index contributed by atoms with van der Waals surface area (Å²) in [5.41, 5.74) is 6.73. The zero-order valence-electron chi connectivity index (χ0n) is 11.1. The van der Waals surface area contributed by atoms with Crippen molar-refractivity contribution in [1.82, 2.24) is 0 Å². The Morgan fingerprint density at radius 2 is 1.78 bits per heavy atom. The quantitative estimate of drug-likeness (QED) is 0.644. The van der Waals surface area contributed by atoms with Crippen LogP contribution in [0.15, 0.2) is 24.3 Å². The molecule has 18 heavy (non-hydrogen) atoms. The van der Waals surface area contributed by atoms with Crippen molar-refractivity contribution in [1.29, 1.82) is 0 Å². The molecule has 0 aromatic heterocycles. The monoisotopic (exact) mass is 253 g/mol. The van der Waals surface area contributed by atoms with Gasteiger partial charge in [-0.05, 0) is 37.1 Å². The van der Waals surface area contributed by atoms with Crippen molar-refractivity contribution in [2.24, 2.45) is 5.73 Å². The molecule has 0 aliphatic heterocycles. The van der Waals surface area contributed by atoms with E-state index in [1.54, 1.807) is 7.11 Å². The Bertz CT molecular complexity index is 300. The Morgan fingerprint density at radius 3 is 2.44 bits per heavy atom. The molecule has 2 N–H and O–H groups in total. The summed E-state index contributed by atoms with van der Waals surface area (Å²) in [7, 11) is 1.69. The first-order valence-corrected chi connectivity index (χ1v) is 6.35. The van der Waals surface area contributed by atoms with Gasteiger partial charge in [0.1, 0.15) is 12.4 Å². The largest absolute Gasteiger partial charge is 0.491 e. The lowest BCUT2D eigenvalue weighted by atomic mass is 10.1. The van der Waals surface area contributed by atoms with Gasteiger partial charge in [0.05, 0.1) is 6.61 Å². The standard InChI is InChI=1S/C14H23NO3/c1-16-9-2-10-17-11-12-18-14-5-3-13(4-6-14)7-8-15/h3-6H,2,7-12,15H2,1H3. The van der Waals surface area contributed by atoms with Crippen LogP contribution in [0.25, 0.3) is 0 Å². The second kappa shape index (κ2) is 9.88. The maximum absolute atomic E-state index is 5.56. The second-order valence-corrected chi connectivity index (χ2v) is 3.99. The van der Waals surface area contributed by atoms with Crippen LogP contribution in [0, 0.1) is 0 Å². The minimum Gasteiger partial charge on any atom is -0.491 e. The van der Waals surface area contributed by atoms with E-state index in [0.29, 0.717) is 26.4 Å². The topological polar surface area (TPSA) is 53.7 Å². The van der Waals surface area contributed by atoms with Crippen molar-refractivity contribution in [3.8, 4) is 5.75 Å². The number of hydrogen-bond acceptors (Lipinski definition) is 4. The van der Waals surface area contributed by atoms with E-state index >= 15 is 0 Å². The third-order valence-corrected chi connectivity index (χ3v) is 2.49. The molecule has 0 heterocycles. The van der Waals surface area contributed by atoms with Crippen molar-refractivity contribution >= 4 is 0 Å². The van der Waals surface area contributed by atoms with Crippen LogP contribution in [0.5, 0.6) is 5.75 Å². The van der Waals surface area contributed by atoms with Gasteiger partial charge in [-0.15, -0.1) is 0 Å². The highest BCUT2D eigenvalue weighted by atomic mass is 16.5. The van der Waals surface area contributed by atoms with E-state index in [0.717, 1.165) is 25.2 Å². The highest BCUT2D eigenvalue weighted by Gasteiger charge is 1.95. The Hall–Kier alpha value is -1.10. The van der Waals surface area contributed by atoms with Gasteiger partial charge in [-0.2, -0.15) is 0 Å². The predicted molar refractivity (Wildman–Crippen MR) is 72.0 cm³/mol. The van der Waals surface area contributed by atoms with Gasteiger partial charge in [-0.1, -0.05) is 12.1 Å². The fourth-order valence-corrected chi connectivity index (χ4v) is 1.54. The highest BCUT2D eigenvalue weighted by molar-refractivity contribution is 5.27. The molecule has 0 aliphatic carbocycles. The molecule has 1 rings (SSSR count). The molecule has 0 aliphatic rings. The maximum atomic E-state index is 5.56.